The van der Waals surface area contributed by atoms with Crippen LogP contribution in [0.1, 0.15) is 32.8 Å². The van der Waals surface area contributed by atoms with Gasteiger partial charge >= 0.3 is 0 Å². The lowest BCUT2D eigenvalue weighted by molar-refractivity contribution is -0.134. The van der Waals surface area contributed by atoms with Gasteiger partial charge in [0.1, 0.15) is 18.4 Å². The highest BCUT2D eigenvalue weighted by Crippen LogP contribution is 2.21. The molecule has 0 bridgehead atoms. The summed E-state index contributed by atoms with van der Waals surface area (Å²) in [6.45, 7) is 7.87. The molecule has 1 fully saturated rings. The van der Waals surface area contributed by atoms with Gasteiger partial charge in [-0.25, -0.2) is 9.20 Å². The molecule has 7 nitrogen and oxygen atoms in total. The fourth-order valence-electron chi connectivity index (χ4n) is 4.20. The molecule has 2 atom stereocenters. The third-order valence-corrected chi connectivity index (χ3v) is 5.65. The molecule has 0 N–H and O–H groups in total. The number of piperidine rings is 1. The van der Waals surface area contributed by atoms with Gasteiger partial charge in [0.2, 0.25) is 5.91 Å². The van der Waals surface area contributed by atoms with Crippen LogP contribution < -0.4 is 5.56 Å². The lowest BCUT2D eigenvalue weighted by atomic mass is 9.92. The molecule has 1 amide bonds. The van der Waals surface area contributed by atoms with Crippen molar-refractivity contribution < 1.29 is 4.79 Å². The van der Waals surface area contributed by atoms with Crippen LogP contribution in [0, 0.1) is 11.8 Å². The zero-order valence-electron chi connectivity index (χ0n) is 17.2. The number of nitrogens with zero attached hydrogens (tertiary/aromatic N) is 5. The SMILES string of the molecule is CCc1ccc(-c2cc3c(=O)n(CC(=O)N4C[C@H](C)C[C@H](C)C4)ncn3n2)cc1. The summed E-state index contributed by atoms with van der Waals surface area (Å²) < 4.78 is 2.73. The first-order valence-corrected chi connectivity index (χ1v) is 10.3. The van der Waals surface area contributed by atoms with Gasteiger partial charge in [-0.2, -0.15) is 10.2 Å². The second-order valence-electron chi connectivity index (χ2n) is 8.25. The summed E-state index contributed by atoms with van der Waals surface area (Å²) in [5, 5.41) is 8.65. The first kappa shape index (κ1) is 19.4. The fourth-order valence-corrected chi connectivity index (χ4v) is 4.20. The number of fused-ring (bicyclic) bond motifs is 1. The molecular weight excluding hydrogens is 366 g/mol. The van der Waals surface area contributed by atoms with E-state index in [1.54, 1.807) is 6.07 Å². The van der Waals surface area contributed by atoms with Gasteiger partial charge in [0.25, 0.3) is 5.56 Å². The minimum Gasteiger partial charge on any atom is -0.341 e. The van der Waals surface area contributed by atoms with Crippen LogP contribution in [0.4, 0.5) is 0 Å². The number of rotatable bonds is 4. The second kappa shape index (κ2) is 7.81. The maximum Gasteiger partial charge on any atom is 0.293 e. The molecule has 4 rings (SSSR count). The predicted molar refractivity (Wildman–Crippen MR) is 112 cm³/mol. The van der Waals surface area contributed by atoms with E-state index < -0.39 is 0 Å². The van der Waals surface area contributed by atoms with Crippen molar-refractivity contribution in [3.63, 3.8) is 0 Å². The van der Waals surface area contributed by atoms with Crippen molar-refractivity contribution in [1.82, 2.24) is 24.3 Å². The Balaban J connectivity index is 1.59. The molecule has 0 aliphatic carbocycles. The van der Waals surface area contributed by atoms with Crippen LogP contribution in [0.15, 0.2) is 41.5 Å². The zero-order valence-corrected chi connectivity index (χ0v) is 17.2. The topological polar surface area (TPSA) is 72.5 Å². The molecule has 0 radical (unpaired) electrons. The Hall–Kier alpha value is -2.96. The van der Waals surface area contributed by atoms with Crippen molar-refractivity contribution in [3.05, 3.63) is 52.6 Å². The number of hydrogen-bond donors (Lipinski definition) is 0. The number of carbonyl (C=O) groups is 1. The number of likely N-dealkylation sites (tertiary alicyclic amines) is 1. The molecule has 1 aliphatic rings. The summed E-state index contributed by atoms with van der Waals surface area (Å²) in [5.41, 5.74) is 3.03. The molecule has 3 aromatic rings. The quantitative estimate of drug-likeness (QED) is 0.683. The summed E-state index contributed by atoms with van der Waals surface area (Å²) in [4.78, 5) is 27.5. The van der Waals surface area contributed by atoms with Crippen molar-refractivity contribution in [2.45, 2.75) is 40.2 Å². The van der Waals surface area contributed by atoms with Gasteiger partial charge in [-0.15, -0.1) is 0 Å². The molecule has 0 unspecified atom stereocenters. The summed E-state index contributed by atoms with van der Waals surface area (Å²) >= 11 is 0. The van der Waals surface area contributed by atoms with Crippen LogP contribution >= 0.6 is 0 Å². The lowest BCUT2D eigenvalue weighted by Gasteiger charge is -2.35. The normalized spacial score (nSPS) is 19.6. The third kappa shape index (κ3) is 3.95. The molecule has 0 spiro atoms. The number of carbonyl (C=O) groups excluding carboxylic acids is 1. The summed E-state index contributed by atoms with van der Waals surface area (Å²) in [5.74, 6) is 0.898. The largest absolute Gasteiger partial charge is 0.341 e. The van der Waals surface area contributed by atoms with Crippen LogP contribution in [0.5, 0.6) is 0 Å². The van der Waals surface area contributed by atoms with E-state index in [0.29, 0.717) is 23.0 Å². The van der Waals surface area contributed by atoms with Crippen molar-refractivity contribution in [2.75, 3.05) is 13.1 Å². The summed E-state index contributed by atoms with van der Waals surface area (Å²) in [6.07, 6.45) is 3.60. The summed E-state index contributed by atoms with van der Waals surface area (Å²) in [7, 11) is 0. The molecule has 29 heavy (non-hydrogen) atoms. The highest BCUT2D eigenvalue weighted by molar-refractivity contribution is 5.76. The Morgan fingerprint density at radius 1 is 1.14 bits per heavy atom. The highest BCUT2D eigenvalue weighted by Gasteiger charge is 2.26. The van der Waals surface area contributed by atoms with E-state index in [2.05, 4.69) is 43.1 Å². The molecule has 2 aromatic heterocycles. The van der Waals surface area contributed by atoms with Gasteiger partial charge in [-0.05, 0) is 36.3 Å². The monoisotopic (exact) mass is 393 g/mol. The van der Waals surface area contributed by atoms with Crippen LogP contribution in [-0.4, -0.2) is 43.3 Å². The molecule has 152 valence electrons. The highest BCUT2D eigenvalue weighted by atomic mass is 16.2. The number of aromatic nitrogens is 4. The van der Waals surface area contributed by atoms with Crippen molar-refractivity contribution in [3.8, 4) is 11.3 Å². The van der Waals surface area contributed by atoms with Gasteiger partial charge in [0, 0.05) is 18.7 Å². The minimum atomic E-state index is -0.303. The third-order valence-electron chi connectivity index (χ3n) is 5.65. The van der Waals surface area contributed by atoms with Gasteiger partial charge < -0.3 is 4.90 Å². The number of hydrogen-bond acceptors (Lipinski definition) is 4. The molecule has 1 saturated heterocycles. The Morgan fingerprint density at radius 3 is 2.48 bits per heavy atom. The molecule has 3 heterocycles. The number of aryl methyl sites for hydroxylation is 1. The number of amides is 1. The second-order valence-corrected chi connectivity index (χ2v) is 8.25. The van der Waals surface area contributed by atoms with Crippen LogP contribution in [-0.2, 0) is 17.8 Å². The Labute approximate surface area is 170 Å². The Morgan fingerprint density at radius 2 is 1.83 bits per heavy atom. The van der Waals surface area contributed by atoms with Gasteiger partial charge in [0.05, 0.1) is 5.69 Å². The Kier molecular flexibility index (Phi) is 5.22. The van der Waals surface area contributed by atoms with Gasteiger partial charge in [0.15, 0.2) is 0 Å². The molecule has 0 saturated carbocycles. The minimum absolute atomic E-state index is 0.0412. The summed E-state index contributed by atoms with van der Waals surface area (Å²) in [6, 6.07) is 9.91. The first-order chi connectivity index (χ1) is 13.9. The molecule has 1 aromatic carbocycles. The number of benzene rings is 1. The van der Waals surface area contributed by atoms with Crippen molar-refractivity contribution in [1.29, 1.82) is 0 Å². The van der Waals surface area contributed by atoms with Gasteiger partial charge in [-0.3, -0.25) is 9.59 Å². The molecular formula is C22H27N5O2. The van der Waals surface area contributed by atoms with E-state index in [9.17, 15) is 9.59 Å². The fraction of sp³-hybridized carbons (Fsp3) is 0.455. The average Bonchev–Trinajstić information content (AvgIpc) is 3.14. The molecule has 1 aliphatic heterocycles. The Bertz CT molecular complexity index is 1070. The maximum atomic E-state index is 12.9. The van der Waals surface area contributed by atoms with Gasteiger partial charge in [-0.1, -0.05) is 45.0 Å². The van der Waals surface area contributed by atoms with Crippen LogP contribution in [0.3, 0.4) is 0 Å². The average molecular weight is 393 g/mol. The van der Waals surface area contributed by atoms with E-state index in [1.165, 1.54) is 21.1 Å². The van der Waals surface area contributed by atoms with E-state index in [0.717, 1.165) is 31.5 Å². The maximum absolute atomic E-state index is 12.9. The smallest absolute Gasteiger partial charge is 0.293 e. The zero-order chi connectivity index (χ0) is 20.5. The standard InChI is InChI=1S/C22H27N5O2/c1-4-17-5-7-18(8-6-17)19-10-20-22(29)26(23-14-27(20)24-19)13-21(28)25-11-15(2)9-16(3)12-25/h5-8,10,14-16H,4,9,11-13H2,1-3H3/t15-,16+. The van der Waals surface area contributed by atoms with Crippen molar-refractivity contribution >= 4 is 11.4 Å². The lowest BCUT2D eigenvalue weighted by Crippen LogP contribution is -2.45. The van der Waals surface area contributed by atoms with Crippen molar-refractivity contribution in [2.24, 2.45) is 11.8 Å². The van der Waals surface area contributed by atoms with E-state index >= 15 is 0 Å². The van der Waals surface area contributed by atoms with Crippen LogP contribution in [0.25, 0.3) is 16.8 Å². The predicted octanol–water partition coefficient (Wildman–Crippen LogP) is 2.62. The van der Waals surface area contributed by atoms with E-state index in [4.69, 9.17) is 0 Å². The first-order valence-electron chi connectivity index (χ1n) is 10.3. The van der Waals surface area contributed by atoms with E-state index in [1.807, 2.05) is 17.0 Å². The van der Waals surface area contributed by atoms with E-state index in [-0.39, 0.29) is 18.0 Å². The van der Waals surface area contributed by atoms with Crippen LogP contribution in [0.2, 0.25) is 0 Å². The molecule has 7 heteroatoms.